The van der Waals surface area contributed by atoms with Gasteiger partial charge in [0.15, 0.2) is 0 Å². The molecule has 2 amide bonds. The summed E-state index contributed by atoms with van der Waals surface area (Å²) in [4.78, 5) is 27.3. The summed E-state index contributed by atoms with van der Waals surface area (Å²) in [5, 5.41) is 6.45. The van der Waals surface area contributed by atoms with Crippen LogP contribution in [0.4, 0.5) is 21.5 Å². The Hall–Kier alpha value is -2.99. The van der Waals surface area contributed by atoms with E-state index in [2.05, 4.69) is 5.32 Å². The van der Waals surface area contributed by atoms with Crippen molar-refractivity contribution in [1.29, 1.82) is 0 Å². The summed E-state index contributed by atoms with van der Waals surface area (Å²) >= 11 is 1.49. The Kier molecular flexibility index (Phi) is 3.82. The van der Waals surface area contributed by atoms with Crippen molar-refractivity contribution in [2.75, 3.05) is 10.2 Å². The van der Waals surface area contributed by atoms with Gasteiger partial charge in [-0.3, -0.25) is 14.5 Å². The van der Waals surface area contributed by atoms with Crippen LogP contribution in [0.25, 0.3) is 0 Å². The monoisotopic (exact) mass is 352 g/mol. The Morgan fingerprint density at radius 2 is 1.84 bits per heavy atom. The number of nitrogens with one attached hydrogen (secondary N) is 1. The van der Waals surface area contributed by atoms with Crippen molar-refractivity contribution in [2.45, 2.75) is 5.92 Å². The van der Waals surface area contributed by atoms with Crippen LogP contribution in [0.3, 0.4) is 0 Å². The number of carbonyl (C=O) groups is 2. The van der Waals surface area contributed by atoms with Crippen molar-refractivity contribution in [3.05, 3.63) is 76.7 Å². The number of nitrogens with zero attached hydrogens (tertiary/aromatic N) is 1. The van der Waals surface area contributed by atoms with E-state index in [1.807, 2.05) is 29.0 Å². The molecule has 1 N–H and O–H groups in total. The van der Waals surface area contributed by atoms with Gasteiger partial charge in [-0.05, 0) is 47.3 Å². The van der Waals surface area contributed by atoms with Gasteiger partial charge in [-0.1, -0.05) is 18.2 Å². The number of rotatable bonds is 3. The number of fused-ring (bicyclic) bond motifs is 1. The van der Waals surface area contributed by atoms with Crippen molar-refractivity contribution in [2.24, 2.45) is 0 Å². The Morgan fingerprint density at radius 3 is 2.56 bits per heavy atom. The molecule has 0 fully saturated rings. The topological polar surface area (TPSA) is 49.4 Å². The number of halogens is 1. The Bertz CT molecular complexity index is 938. The Labute approximate surface area is 147 Å². The summed E-state index contributed by atoms with van der Waals surface area (Å²) in [7, 11) is 0. The second-order valence-electron chi connectivity index (χ2n) is 5.64. The highest BCUT2D eigenvalue weighted by atomic mass is 32.1. The summed E-state index contributed by atoms with van der Waals surface area (Å²) in [6.45, 7) is 0. The molecule has 1 aromatic heterocycles. The van der Waals surface area contributed by atoms with Crippen molar-refractivity contribution < 1.29 is 14.0 Å². The summed E-state index contributed by atoms with van der Waals surface area (Å²) in [6, 6.07) is 14.6. The second-order valence-corrected chi connectivity index (χ2v) is 6.42. The number of benzene rings is 2. The number of thiophene rings is 1. The van der Waals surface area contributed by atoms with Gasteiger partial charge in [-0.2, -0.15) is 11.3 Å². The van der Waals surface area contributed by atoms with Gasteiger partial charge >= 0.3 is 0 Å². The van der Waals surface area contributed by atoms with Crippen LogP contribution in [0.5, 0.6) is 0 Å². The quantitative estimate of drug-likeness (QED) is 0.715. The van der Waals surface area contributed by atoms with Gasteiger partial charge in [-0.25, -0.2) is 4.39 Å². The molecule has 0 spiro atoms. The molecule has 0 aliphatic carbocycles. The van der Waals surface area contributed by atoms with Crippen molar-refractivity contribution in [3.8, 4) is 0 Å². The molecule has 2 aromatic carbocycles. The Morgan fingerprint density at radius 1 is 1.08 bits per heavy atom. The first kappa shape index (κ1) is 15.5. The summed E-state index contributed by atoms with van der Waals surface area (Å²) < 4.78 is 13.0. The SMILES string of the molecule is O=C(Nc1ccc(F)cc1)C1C(=O)N(c2ccsc2)c2ccccc21. The molecule has 1 atom stereocenters. The van der Waals surface area contributed by atoms with Gasteiger partial charge in [0.1, 0.15) is 11.7 Å². The van der Waals surface area contributed by atoms with Crippen LogP contribution < -0.4 is 10.2 Å². The molecular formula is C19H13FN2O2S. The van der Waals surface area contributed by atoms with Gasteiger partial charge in [0.25, 0.3) is 0 Å². The van der Waals surface area contributed by atoms with E-state index in [0.717, 1.165) is 5.69 Å². The highest BCUT2D eigenvalue weighted by Crippen LogP contribution is 2.42. The third kappa shape index (κ3) is 2.70. The van der Waals surface area contributed by atoms with Gasteiger partial charge in [-0.15, -0.1) is 0 Å². The van der Waals surface area contributed by atoms with Gasteiger partial charge in [0.2, 0.25) is 11.8 Å². The molecule has 1 aliphatic rings. The molecule has 124 valence electrons. The first-order chi connectivity index (χ1) is 12.1. The number of amides is 2. The van der Waals surface area contributed by atoms with Crippen LogP contribution in [0.15, 0.2) is 65.4 Å². The molecule has 4 nitrogen and oxygen atoms in total. The van der Waals surface area contributed by atoms with Crippen LogP contribution in [0, 0.1) is 5.82 Å². The molecule has 0 saturated carbocycles. The molecule has 25 heavy (non-hydrogen) atoms. The number of hydrogen-bond acceptors (Lipinski definition) is 3. The van der Waals surface area contributed by atoms with Crippen molar-refractivity contribution in [1.82, 2.24) is 0 Å². The number of anilines is 3. The smallest absolute Gasteiger partial charge is 0.248 e. The lowest BCUT2D eigenvalue weighted by Crippen LogP contribution is -2.31. The predicted octanol–water partition coefficient (Wildman–Crippen LogP) is 4.29. The summed E-state index contributed by atoms with van der Waals surface area (Å²) in [6.07, 6.45) is 0. The summed E-state index contributed by atoms with van der Waals surface area (Å²) in [5.41, 5.74) is 2.58. The van der Waals surface area contributed by atoms with E-state index < -0.39 is 11.8 Å². The summed E-state index contributed by atoms with van der Waals surface area (Å²) in [5.74, 6) is -2.04. The van der Waals surface area contributed by atoms with Crippen LogP contribution >= 0.6 is 11.3 Å². The van der Waals surface area contributed by atoms with E-state index in [4.69, 9.17) is 0 Å². The molecule has 3 aromatic rings. The van der Waals surface area contributed by atoms with E-state index >= 15 is 0 Å². The first-order valence-electron chi connectivity index (χ1n) is 7.66. The highest BCUT2D eigenvalue weighted by Gasteiger charge is 2.42. The average molecular weight is 352 g/mol. The fraction of sp³-hybridized carbons (Fsp3) is 0.0526. The average Bonchev–Trinajstić information content (AvgIpc) is 3.22. The maximum absolute atomic E-state index is 13.0. The van der Waals surface area contributed by atoms with Gasteiger partial charge < -0.3 is 5.32 Å². The zero-order chi connectivity index (χ0) is 17.4. The van der Waals surface area contributed by atoms with E-state index in [0.29, 0.717) is 16.9 Å². The first-order valence-corrected chi connectivity index (χ1v) is 8.61. The third-order valence-electron chi connectivity index (χ3n) is 4.09. The Balaban J connectivity index is 1.68. The molecule has 6 heteroatoms. The molecule has 0 bridgehead atoms. The van der Waals surface area contributed by atoms with Crippen molar-refractivity contribution in [3.63, 3.8) is 0 Å². The van der Waals surface area contributed by atoms with E-state index in [1.54, 1.807) is 17.0 Å². The fourth-order valence-electron chi connectivity index (χ4n) is 2.97. The van der Waals surface area contributed by atoms with Gasteiger partial charge in [0, 0.05) is 11.1 Å². The maximum atomic E-state index is 13.0. The van der Waals surface area contributed by atoms with Crippen LogP contribution in [0.1, 0.15) is 11.5 Å². The number of hydrogen-bond donors (Lipinski definition) is 1. The maximum Gasteiger partial charge on any atom is 0.248 e. The zero-order valence-corrected chi connectivity index (χ0v) is 13.8. The minimum atomic E-state index is -0.929. The van der Waals surface area contributed by atoms with Crippen LogP contribution in [0.2, 0.25) is 0 Å². The van der Waals surface area contributed by atoms with Crippen LogP contribution in [-0.2, 0) is 9.59 Å². The minimum Gasteiger partial charge on any atom is -0.325 e. The fourth-order valence-corrected chi connectivity index (χ4v) is 3.59. The standard InChI is InChI=1S/C19H13FN2O2S/c20-12-5-7-13(8-6-12)21-18(23)17-15-3-1-2-4-16(15)22(19(17)24)14-9-10-25-11-14/h1-11,17H,(H,21,23). The third-order valence-corrected chi connectivity index (χ3v) is 4.77. The molecule has 0 saturated heterocycles. The molecular weight excluding hydrogens is 339 g/mol. The van der Waals surface area contributed by atoms with Crippen LogP contribution in [-0.4, -0.2) is 11.8 Å². The van der Waals surface area contributed by atoms with E-state index in [1.165, 1.54) is 35.6 Å². The molecule has 2 heterocycles. The van der Waals surface area contributed by atoms with E-state index in [9.17, 15) is 14.0 Å². The lowest BCUT2D eigenvalue weighted by molar-refractivity contribution is -0.126. The molecule has 4 rings (SSSR count). The number of para-hydroxylation sites is 1. The second kappa shape index (κ2) is 6.14. The van der Waals surface area contributed by atoms with E-state index in [-0.39, 0.29) is 11.7 Å². The largest absolute Gasteiger partial charge is 0.325 e. The number of carbonyl (C=O) groups excluding carboxylic acids is 2. The molecule has 1 aliphatic heterocycles. The predicted molar refractivity (Wildman–Crippen MR) is 95.7 cm³/mol. The lowest BCUT2D eigenvalue weighted by atomic mass is 10.00. The van der Waals surface area contributed by atoms with Gasteiger partial charge in [0.05, 0.1) is 11.4 Å². The highest BCUT2D eigenvalue weighted by molar-refractivity contribution is 7.08. The zero-order valence-electron chi connectivity index (χ0n) is 13.0. The molecule has 0 radical (unpaired) electrons. The lowest BCUT2D eigenvalue weighted by Gasteiger charge is -2.16. The van der Waals surface area contributed by atoms with Crippen molar-refractivity contribution >= 4 is 40.2 Å². The normalized spacial score (nSPS) is 16.0. The molecule has 1 unspecified atom stereocenters. The minimum absolute atomic E-state index is 0.292.